The van der Waals surface area contributed by atoms with Gasteiger partial charge in [-0.1, -0.05) is 18.2 Å². The summed E-state index contributed by atoms with van der Waals surface area (Å²) in [7, 11) is -2.39. The molecule has 0 fully saturated rings. The highest BCUT2D eigenvalue weighted by molar-refractivity contribution is 7.51. The molecule has 0 N–H and O–H groups in total. The fraction of sp³-hybridized carbons (Fsp3) is 0. The molecule has 1 aromatic rings. The molecule has 1 aromatic carbocycles. The van der Waals surface area contributed by atoms with Gasteiger partial charge < -0.3 is 0 Å². The predicted octanol–water partition coefficient (Wildman–Crippen LogP) is 1.55. The van der Waals surface area contributed by atoms with Crippen LogP contribution in [0.3, 0.4) is 0 Å². The summed E-state index contributed by atoms with van der Waals surface area (Å²) in [6.45, 7) is 0. The molecule has 0 amide bonds. The van der Waals surface area contributed by atoms with Crippen molar-refractivity contribution in [2.24, 2.45) is 4.95 Å². The fourth-order valence-corrected chi connectivity index (χ4v) is 1.22. The molecule has 1 unspecified atom stereocenters. The minimum atomic E-state index is -2.39. The molecule has 1 rings (SSSR count). The second-order valence-corrected chi connectivity index (χ2v) is 3.13. The normalized spacial score (nSPS) is 12.4. The average Bonchev–Trinajstić information content (AvgIpc) is 2.05. The summed E-state index contributed by atoms with van der Waals surface area (Å²) in [6.07, 6.45) is 0. The highest BCUT2D eigenvalue weighted by atomic mass is 31.1. The van der Waals surface area contributed by atoms with Crippen molar-refractivity contribution in [2.45, 2.75) is 0 Å². The first kappa shape index (κ1) is 7.16. The minimum Gasteiger partial charge on any atom is -0.293 e. The number of hydrogen-bond acceptors (Lipinski definition) is 2. The van der Waals surface area contributed by atoms with Gasteiger partial charge >= 0.3 is 0 Å². The average molecular weight is 155 g/mol. The van der Waals surface area contributed by atoms with Gasteiger partial charge in [0.1, 0.15) is 0 Å². The molecule has 1 atom stereocenters. The molecule has 0 aliphatic carbocycles. The van der Waals surface area contributed by atoms with Crippen LogP contribution >= 0.6 is 7.95 Å². The van der Waals surface area contributed by atoms with Crippen LogP contribution in [0.5, 0.6) is 0 Å². The van der Waals surface area contributed by atoms with Gasteiger partial charge in [-0.3, -0.25) is 4.57 Å². The third kappa shape index (κ3) is 1.52. The van der Waals surface area contributed by atoms with Gasteiger partial charge in [-0.05, 0) is 17.1 Å². The quantitative estimate of drug-likeness (QED) is 0.480. The van der Waals surface area contributed by atoms with E-state index in [0.717, 1.165) is 0 Å². The third-order valence-corrected chi connectivity index (χ3v) is 2.10. The molecule has 10 heavy (non-hydrogen) atoms. The Morgan fingerprint density at radius 2 is 1.80 bits per heavy atom. The van der Waals surface area contributed by atoms with Gasteiger partial charge in [-0.15, -0.1) is 4.91 Å². The van der Waals surface area contributed by atoms with E-state index in [1.54, 1.807) is 30.3 Å². The van der Waals surface area contributed by atoms with E-state index in [-0.39, 0.29) is 0 Å². The van der Waals surface area contributed by atoms with E-state index < -0.39 is 7.95 Å². The van der Waals surface area contributed by atoms with Crippen molar-refractivity contribution in [3.63, 3.8) is 0 Å². The lowest BCUT2D eigenvalue weighted by molar-refractivity contribution is 0.594. The highest BCUT2D eigenvalue weighted by Crippen LogP contribution is 2.19. The zero-order valence-electron chi connectivity index (χ0n) is 5.15. The van der Waals surface area contributed by atoms with E-state index in [0.29, 0.717) is 5.30 Å². The van der Waals surface area contributed by atoms with Crippen LogP contribution in [0.4, 0.5) is 0 Å². The number of nitroso groups, excluding NO2 is 1. The van der Waals surface area contributed by atoms with Crippen LogP contribution in [0.2, 0.25) is 0 Å². The summed E-state index contributed by atoms with van der Waals surface area (Å²) in [5, 5.41) is 0.516. The number of hydrogen-bond donors (Lipinski definition) is 0. The van der Waals surface area contributed by atoms with Crippen LogP contribution in [0.25, 0.3) is 0 Å². The Labute approximate surface area is 58.9 Å². The first-order valence-electron chi connectivity index (χ1n) is 2.77. The van der Waals surface area contributed by atoms with Crippen LogP contribution in [0.15, 0.2) is 35.3 Å². The number of benzene rings is 1. The Balaban J connectivity index is 2.95. The molecule has 52 valence electrons. The summed E-state index contributed by atoms with van der Waals surface area (Å²) in [5.74, 6) is 0. The molecular formula is C6H6NO2P. The lowest BCUT2D eigenvalue weighted by atomic mass is 10.4. The van der Waals surface area contributed by atoms with Crippen molar-refractivity contribution in [3.8, 4) is 0 Å². The van der Waals surface area contributed by atoms with Gasteiger partial charge in [-0.2, -0.15) is 0 Å². The lowest BCUT2D eigenvalue weighted by Crippen LogP contribution is -1.90. The SMILES string of the molecule is O=N[PH](=O)c1ccccc1. The van der Waals surface area contributed by atoms with Crippen LogP contribution in [-0.4, -0.2) is 0 Å². The topological polar surface area (TPSA) is 46.5 Å². The molecule has 0 bridgehead atoms. The van der Waals surface area contributed by atoms with Crippen molar-refractivity contribution in [1.29, 1.82) is 0 Å². The van der Waals surface area contributed by atoms with Gasteiger partial charge in [0.05, 0.1) is 0 Å². The highest BCUT2D eigenvalue weighted by Gasteiger charge is 1.98. The van der Waals surface area contributed by atoms with E-state index in [1.165, 1.54) is 0 Å². The Hall–Kier alpha value is -0.950. The zero-order chi connectivity index (χ0) is 7.40. The van der Waals surface area contributed by atoms with E-state index in [4.69, 9.17) is 0 Å². The van der Waals surface area contributed by atoms with Crippen molar-refractivity contribution in [3.05, 3.63) is 35.2 Å². The maximum absolute atomic E-state index is 10.7. The minimum absolute atomic E-state index is 0.516. The molecule has 0 saturated heterocycles. The molecule has 0 aliphatic heterocycles. The number of nitrogens with zero attached hydrogens (tertiary/aromatic N) is 1. The maximum Gasteiger partial charge on any atom is 0.249 e. The van der Waals surface area contributed by atoms with Crippen molar-refractivity contribution < 1.29 is 4.57 Å². The van der Waals surface area contributed by atoms with Gasteiger partial charge in [0.15, 0.2) is 0 Å². The predicted molar refractivity (Wildman–Crippen MR) is 40.9 cm³/mol. The smallest absolute Gasteiger partial charge is 0.249 e. The van der Waals surface area contributed by atoms with Crippen molar-refractivity contribution >= 4 is 13.3 Å². The molecule has 0 radical (unpaired) electrons. The molecular weight excluding hydrogens is 149 g/mol. The summed E-state index contributed by atoms with van der Waals surface area (Å²) < 4.78 is 10.7. The van der Waals surface area contributed by atoms with Crippen molar-refractivity contribution in [1.82, 2.24) is 0 Å². The number of rotatable bonds is 2. The Morgan fingerprint density at radius 3 is 2.30 bits per heavy atom. The Morgan fingerprint density at radius 1 is 1.20 bits per heavy atom. The van der Waals surface area contributed by atoms with E-state index in [9.17, 15) is 9.47 Å². The van der Waals surface area contributed by atoms with Crippen LogP contribution < -0.4 is 5.30 Å². The Kier molecular flexibility index (Phi) is 2.35. The van der Waals surface area contributed by atoms with E-state index in [2.05, 4.69) is 4.95 Å². The maximum atomic E-state index is 10.7. The van der Waals surface area contributed by atoms with E-state index in [1.807, 2.05) is 0 Å². The summed E-state index contributed by atoms with van der Waals surface area (Å²) >= 11 is 0. The molecule has 0 spiro atoms. The molecule has 0 aliphatic rings. The first-order chi connectivity index (χ1) is 4.84. The standard InChI is InChI=1S/C6H6NO2P/c8-7-10(9)6-4-2-1-3-5-6/h1-5,10H. The second-order valence-electron chi connectivity index (χ2n) is 1.76. The molecule has 4 heteroatoms. The van der Waals surface area contributed by atoms with Gasteiger partial charge in [0.2, 0.25) is 7.95 Å². The summed E-state index contributed by atoms with van der Waals surface area (Å²) in [4.78, 5) is 12.2. The van der Waals surface area contributed by atoms with Gasteiger partial charge in [0.25, 0.3) is 0 Å². The Bertz CT molecular complexity index is 247. The molecule has 0 aromatic heterocycles. The summed E-state index contributed by atoms with van der Waals surface area (Å²) in [6, 6.07) is 8.50. The monoisotopic (exact) mass is 155 g/mol. The molecule has 0 heterocycles. The zero-order valence-corrected chi connectivity index (χ0v) is 6.15. The van der Waals surface area contributed by atoms with Crippen LogP contribution in [0.1, 0.15) is 0 Å². The largest absolute Gasteiger partial charge is 0.293 e. The van der Waals surface area contributed by atoms with Crippen molar-refractivity contribution in [2.75, 3.05) is 0 Å². The van der Waals surface area contributed by atoms with Gasteiger partial charge in [0, 0.05) is 5.30 Å². The third-order valence-electron chi connectivity index (χ3n) is 1.10. The van der Waals surface area contributed by atoms with E-state index >= 15 is 0 Å². The lowest BCUT2D eigenvalue weighted by Gasteiger charge is -1.89. The van der Waals surface area contributed by atoms with Gasteiger partial charge in [-0.25, -0.2) is 0 Å². The van der Waals surface area contributed by atoms with Crippen LogP contribution in [0, 0.1) is 4.91 Å². The molecule has 0 saturated carbocycles. The first-order valence-corrected chi connectivity index (χ1v) is 4.13. The molecule has 3 nitrogen and oxygen atoms in total. The second kappa shape index (κ2) is 3.28. The summed E-state index contributed by atoms with van der Waals surface area (Å²) in [5.41, 5.74) is 0. The fourth-order valence-electron chi connectivity index (χ4n) is 0.633. The van der Waals surface area contributed by atoms with Crippen LogP contribution in [-0.2, 0) is 4.57 Å².